The number of hydrogen-bond acceptors (Lipinski definition) is 7. The van der Waals surface area contributed by atoms with Crippen molar-refractivity contribution in [1.82, 2.24) is 9.88 Å². The molecular weight excluding hydrogens is 514 g/mol. The number of carboxylic acids is 2. The fraction of sp³-hybridized carbons (Fsp3) is 0.370. The van der Waals surface area contributed by atoms with Crippen molar-refractivity contribution in [3.8, 4) is 5.75 Å². The molecule has 4 rings (SSSR count). The molecule has 0 saturated carbocycles. The predicted octanol–water partition coefficient (Wildman–Crippen LogP) is 5.42. The quantitative estimate of drug-likeness (QED) is 0.257. The molecule has 2 N–H and O–H groups in total. The lowest BCUT2D eigenvalue weighted by Crippen LogP contribution is -2.46. The minimum atomic E-state index is -1.26. The molecule has 0 spiro atoms. The summed E-state index contributed by atoms with van der Waals surface area (Å²) in [5.41, 5.74) is 1.10. The van der Waals surface area contributed by atoms with Gasteiger partial charge in [0.15, 0.2) is 5.13 Å². The van der Waals surface area contributed by atoms with E-state index in [1.165, 1.54) is 24.1 Å². The summed E-state index contributed by atoms with van der Waals surface area (Å²) in [7, 11) is 2.20. The Morgan fingerprint density at radius 1 is 1.16 bits per heavy atom. The number of aliphatic carboxylic acids is 2. The largest absolute Gasteiger partial charge is 0.494 e. The van der Waals surface area contributed by atoms with Gasteiger partial charge in [0.1, 0.15) is 5.75 Å². The van der Waals surface area contributed by atoms with E-state index in [-0.39, 0.29) is 0 Å². The molecule has 2 aromatic carbocycles. The highest BCUT2D eigenvalue weighted by molar-refractivity contribution is 7.22. The SMILES string of the molecule is CN(c1nc2ccccc2s1)C1CCCN(CCCCOc2cccc(Cl)c2)C1.O=C(O)/C=C/C(=O)O. The van der Waals surface area contributed by atoms with E-state index < -0.39 is 11.9 Å². The van der Waals surface area contributed by atoms with Gasteiger partial charge in [0.05, 0.1) is 16.8 Å². The lowest BCUT2D eigenvalue weighted by molar-refractivity contribution is -0.134. The van der Waals surface area contributed by atoms with Gasteiger partial charge in [-0.05, 0) is 69.1 Å². The Bertz CT molecular complexity index is 1150. The van der Waals surface area contributed by atoms with E-state index in [1.807, 2.05) is 24.3 Å². The minimum absolute atomic E-state index is 0.534. The van der Waals surface area contributed by atoms with E-state index in [0.29, 0.717) is 18.2 Å². The first-order valence-corrected chi connectivity index (χ1v) is 13.3. The van der Waals surface area contributed by atoms with E-state index in [1.54, 1.807) is 11.3 Å². The molecule has 1 aromatic heterocycles. The lowest BCUT2D eigenvalue weighted by Gasteiger charge is -2.37. The predicted molar refractivity (Wildman–Crippen MR) is 148 cm³/mol. The number of halogens is 1. The Morgan fingerprint density at radius 2 is 1.92 bits per heavy atom. The first-order chi connectivity index (χ1) is 17.8. The van der Waals surface area contributed by atoms with E-state index >= 15 is 0 Å². The number of unbranched alkanes of at least 4 members (excludes halogenated alkanes) is 1. The average molecular weight is 546 g/mol. The summed E-state index contributed by atoms with van der Waals surface area (Å²) >= 11 is 7.79. The molecule has 3 aromatic rings. The Balaban J connectivity index is 0.000000414. The van der Waals surface area contributed by atoms with Crippen LogP contribution in [0.1, 0.15) is 25.7 Å². The normalized spacial score (nSPS) is 15.8. The maximum absolute atomic E-state index is 9.55. The summed E-state index contributed by atoms with van der Waals surface area (Å²) in [6.45, 7) is 4.17. The van der Waals surface area contributed by atoms with Crippen LogP contribution in [0, 0.1) is 0 Å². The van der Waals surface area contributed by atoms with Gasteiger partial charge < -0.3 is 24.7 Å². The Morgan fingerprint density at radius 3 is 2.62 bits per heavy atom. The highest BCUT2D eigenvalue weighted by Gasteiger charge is 2.24. The molecule has 1 aliphatic heterocycles. The second-order valence-corrected chi connectivity index (χ2v) is 10.1. The summed E-state index contributed by atoms with van der Waals surface area (Å²) in [6.07, 6.45) is 5.81. The van der Waals surface area contributed by atoms with Crippen molar-refractivity contribution >= 4 is 50.2 Å². The maximum atomic E-state index is 9.55. The van der Waals surface area contributed by atoms with Gasteiger partial charge in [0.25, 0.3) is 0 Å². The van der Waals surface area contributed by atoms with Crippen molar-refractivity contribution in [3.63, 3.8) is 0 Å². The maximum Gasteiger partial charge on any atom is 0.328 e. The number of rotatable bonds is 10. The summed E-state index contributed by atoms with van der Waals surface area (Å²) in [5.74, 6) is -1.66. The molecule has 8 nitrogen and oxygen atoms in total. The van der Waals surface area contributed by atoms with Gasteiger partial charge in [0, 0.05) is 36.8 Å². The number of thiazole rings is 1. The summed E-state index contributed by atoms with van der Waals surface area (Å²) in [6, 6.07) is 16.6. The van der Waals surface area contributed by atoms with Crippen LogP contribution in [-0.4, -0.2) is 71.4 Å². The Labute approximate surface area is 225 Å². The van der Waals surface area contributed by atoms with Gasteiger partial charge in [-0.3, -0.25) is 0 Å². The van der Waals surface area contributed by atoms with Gasteiger partial charge in [-0.1, -0.05) is 41.1 Å². The number of aromatic nitrogens is 1. The van der Waals surface area contributed by atoms with Crippen LogP contribution in [0.2, 0.25) is 5.02 Å². The molecule has 198 valence electrons. The molecule has 1 unspecified atom stereocenters. The van der Waals surface area contributed by atoms with Crippen molar-refractivity contribution in [2.45, 2.75) is 31.7 Å². The van der Waals surface area contributed by atoms with Crippen LogP contribution in [0.5, 0.6) is 5.75 Å². The fourth-order valence-electron chi connectivity index (χ4n) is 4.04. The fourth-order valence-corrected chi connectivity index (χ4v) is 5.22. The third kappa shape index (κ3) is 9.68. The zero-order chi connectivity index (χ0) is 26.6. The molecule has 0 amide bonds. The van der Waals surface area contributed by atoms with E-state index in [2.05, 4.69) is 41.1 Å². The van der Waals surface area contributed by atoms with Gasteiger partial charge in [-0.2, -0.15) is 0 Å². The second kappa shape index (κ2) is 14.6. The first kappa shape index (κ1) is 28.4. The molecule has 1 aliphatic rings. The van der Waals surface area contributed by atoms with Gasteiger partial charge in [0.2, 0.25) is 0 Å². The molecule has 1 saturated heterocycles. The van der Waals surface area contributed by atoms with Crippen molar-refractivity contribution in [3.05, 3.63) is 65.7 Å². The molecule has 0 bridgehead atoms. The number of benzene rings is 2. The molecule has 1 atom stereocenters. The molecule has 10 heteroatoms. The standard InChI is InChI=1S/C23H28ClN3OS.C4H4O4/c1-26(23-25-21-11-2-3-12-22(21)29-23)19-9-7-14-27(17-19)13-4-5-15-28-20-10-6-8-18(24)16-20;5-3(6)1-2-4(7)8/h2-3,6,8,10-12,16,19H,4-5,7,9,13-15,17H2,1H3;1-2H,(H,5,6)(H,7,8)/b;2-1+. The minimum Gasteiger partial charge on any atom is -0.494 e. The van der Waals surface area contributed by atoms with Crippen molar-refractivity contribution in [1.29, 1.82) is 0 Å². The molecule has 37 heavy (non-hydrogen) atoms. The summed E-state index contributed by atoms with van der Waals surface area (Å²) in [4.78, 5) is 28.9. The van der Waals surface area contributed by atoms with Gasteiger partial charge in [-0.15, -0.1) is 0 Å². The number of likely N-dealkylation sites (tertiary alicyclic amines) is 1. The second-order valence-electron chi connectivity index (χ2n) is 8.69. The number of nitrogens with zero attached hydrogens (tertiary/aromatic N) is 3. The molecular formula is C27H32ClN3O5S. The van der Waals surface area contributed by atoms with Crippen LogP contribution in [0.25, 0.3) is 10.2 Å². The van der Waals surface area contributed by atoms with Crippen molar-refractivity contribution in [2.24, 2.45) is 0 Å². The Kier molecular flexibility index (Phi) is 11.2. The van der Waals surface area contributed by atoms with Gasteiger partial charge in [-0.25, -0.2) is 14.6 Å². The number of carboxylic acid groups (broad SMARTS) is 2. The zero-order valence-corrected chi connectivity index (χ0v) is 22.3. The van der Waals surface area contributed by atoms with Crippen LogP contribution in [0.4, 0.5) is 5.13 Å². The number of anilines is 1. The zero-order valence-electron chi connectivity index (χ0n) is 20.8. The number of carbonyl (C=O) groups is 2. The summed E-state index contributed by atoms with van der Waals surface area (Å²) < 4.78 is 7.07. The number of likely N-dealkylation sites (N-methyl/N-ethyl adjacent to an activating group) is 1. The number of fused-ring (bicyclic) bond motifs is 1. The van der Waals surface area contributed by atoms with Crippen molar-refractivity contribution in [2.75, 3.05) is 38.2 Å². The highest BCUT2D eigenvalue weighted by Crippen LogP contribution is 2.30. The van der Waals surface area contributed by atoms with Crippen LogP contribution in [-0.2, 0) is 9.59 Å². The third-order valence-corrected chi connectivity index (χ3v) is 7.28. The van der Waals surface area contributed by atoms with E-state index in [0.717, 1.165) is 54.0 Å². The monoisotopic (exact) mass is 545 g/mol. The average Bonchev–Trinajstić information content (AvgIpc) is 3.32. The topological polar surface area (TPSA) is 103 Å². The van der Waals surface area contributed by atoms with Crippen molar-refractivity contribution < 1.29 is 24.5 Å². The lowest BCUT2D eigenvalue weighted by atomic mass is 10.0. The van der Waals surface area contributed by atoms with Crippen LogP contribution in [0.3, 0.4) is 0 Å². The smallest absolute Gasteiger partial charge is 0.328 e. The van der Waals surface area contributed by atoms with Crippen LogP contribution < -0.4 is 9.64 Å². The molecule has 0 radical (unpaired) electrons. The third-order valence-electron chi connectivity index (χ3n) is 5.91. The number of piperidine rings is 1. The first-order valence-electron chi connectivity index (χ1n) is 12.1. The van der Waals surface area contributed by atoms with Crippen LogP contribution >= 0.6 is 22.9 Å². The Hall–Kier alpha value is -3.14. The van der Waals surface area contributed by atoms with E-state index in [4.69, 9.17) is 31.5 Å². The summed E-state index contributed by atoms with van der Waals surface area (Å²) in [5, 5.41) is 17.5. The van der Waals surface area contributed by atoms with Crippen LogP contribution in [0.15, 0.2) is 60.7 Å². The number of hydrogen-bond donors (Lipinski definition) is 2. The molecule has 0 aliphatic carbocycles. The highest BCUT2D eigenvalue weighted by atomic mass is 35.5. The van der Waals surface area contributed by atoms with E-state index in [9.17, 15) is 9.59 Å². The molecule has 2 heterocycles. The molecule has 1 fully saturated rings. The number of para-hydroxylation sites is 1. The van der Waals surface area contributed by atoms with Gasteiger partial charge >= 0.3 is 11.9 Å². The number of ether oxygens (including phenoxy) is 1.